The highest BCUT2D eigenvalue weighted by atomic mass is 16.2. The Hall–Kier alpha value is -2.47. The summed E-state index contributed by atoms with van der Waals surface area (Å²) < 4.78 is 0. The van der Waals surface area contributed by atoms with Gasteiger partial charge in [0.2, 0.25) is 0 Å². The first-order chi connectivity index (χ1) is 10.4. The number of Topliss-reactive ketones (excluding diaryl/α,β-unsaturated/α-hetero) is 2. The number of carbonyl (C=O) groups excluding carboxylic acids is 3. The van der Waals surface area contributed by atoms with E-state index in [-0.39, 0.29) is 24.3 Å². The molecular weight excluding hydrogens is 282 g/mol. The van der Waals surface area contributed by atoms with Gasteiger partial charge in [0.1, 0.15) is 0 Å². The molecule has 1 amide bonds. The third-order valence-corrected chi connectivity index (χ3v) is 3.04. The highest BCUT2D eigenvalue weighted by molar-refractivity contribution is 6.41. The number of ketones is 2. The predicted molar refractivity (Wildman–Crippen MR) is 84.3 cm³/mol. The molecule has 0 aromatic heterocycles. The van der Waals surface area contributed by atoms with Crippen LogP contribution in [0.2, 0.25) is 0 Å². The van der Waals surface area contributed by atoms with Crippen molar-refractivity contribution < 1.29 is 14.4 Å². The SMILES string of the molecule is CC(=O)/C(CCC(=O)C=N)=N\C(=O)C(N)Cc1ccccc1. The molecule has 6 nitrogen and oxygen atoms in total. The lowest BCUT2D eigenvalue weighted by Gasteiger charge is -2.08. The van der Waals surface area contributed by atoms with Crippen LogP contribution in [-0.4, -0.2) is 35.4 Å². The van der Waals surface area contributed by atoms with Gasteiger partial charge in [0.25, 0.3) is 5.91 Å². The van der Waals surface area contributed by atoms with Crippen molar-refractivity contribution in [1.82, 2.24) is 0 Å². The molecule has 0 aliphatic carbocycles. The molecule has 1 atom stereocenters. The number of hydrogen-bond donors (Lipinski definition) is 2. The molecule has 6 heteroatoms. The third-order valence-electron chi connectivity index (χ3n) is 3.04. The lowest BCUT2D eigenvalue weighted by Crippen LogP contribution is -2.32. The van der Waals surface area contributed by atoms with Crippen LogP contribution in [0.1, 0.15) is 25.3 Å². The summed E-state index contributed by atoms with van der Waals surface area (Å²) in [5.74, 6) is -1.38. The van der Waals surface area contributed by atoms with Crippen molar-refractivity contribution in [3.8, 4) is 0 Å². The van der Waals surface area contributed by atoms with Crippen LogP contribution in [-0.2, 0) is 20.8 Å². The summed E-state index contributed by atoms with van der Waals surface area (Å²) in [6, 6.07) is 8.43. The predicted octanol–water partition coefficient (Wildman–Crippen LogP) is 1.11. The van der Waals surface area contributed by atoms with Crippen molar-refractivity contribution in [1.29, 1.82) is 5.41 Å². The number of hydrogen-bond acceptors (Lipinski definition) is 5. The van der Waals surface area contributed by atoms with Gasteiger partial charge in [-0.15, -0.1) is 0 Å². The minimum atomic E-state index is -0.838. The van der Waals surface area contributed by atoms with E-state index in [1.807, 2.05) is 30.3 Å². The van der Waals surface area contributed by atoms with E-state index in [4.69, 9.17) is 11.1 Å². The van der Waals surface area contributed by atoms with Crippen LogP contribution in [0.3, 0.4) is 0 Å². The molecule has 0 radical (unpaired) electrons. The summed E-state index contributed by atoms with van der Waals surface area (Å²) in [5.41, 5.74) is 6.73. The van der Waals surface area contributed by atoms with Crippen molar-refractivity contribution in [2.24, 2.45) is 10.7 Å². The van der Waals surface area contributed by atoms with E-state index < -0.39 is 17.7 Å². The van der Waals surface area contributed by atoms with Gasteiger partial charge in [0.05, 0.1) is 18.0 Å². The van der Waals surface area contributed by atoms with Crippen molar-refractivity contribution in [2.75, 3.05) is 0 Å². The van der Waals surface area contributed by atoms with Crippen molar-refractivity contribution in [3.63, 3.8) is 0 Å². The van der Waals surface area contributed by atoms with Crippen LogP contribution in [0, 0.1) is 5.41 Å². The Morgan fingerprint density at radius 1 is 1.23 bits per heavy atom. The second-order valence-electron chi connectivity index (χ2n) is 4.86. The second kappa shape index (κ2) is 8.74. The Labute approximate surface area is 128 Å². The number of amides is 1. The summed E-state index contributed by atoms with van der Waals surface area (Å²) in [7, 11) is 0. The third kappa shape index (κ3) is 5.88. The quantitative estimate of drug-likeness (QED) is 0.700. The Balaban J connectivity index is 2.72. The summed E-state index contributed by atoms with van der Waals surface area (Å²) in [6.45, 7) is 1.28. The molecule has 0 aliphatic heterocycles. The molecule has 0 aliphatic rings. The molecule has 22 heavy (non-hydrogen) atoms. The zero-order valence-corrected chi connectivity index (χ0v) is 12.4. The molecule has 116 valence electrons. The van der Waals surface area contributed by atoms with Crippen LogP contribution in [0.15, 0.2) is 35.3 Å². The lowest BCUT2D eigenvalue weighted by molar-refractivity contribution is -0.119. The first kappa shape index (κ1) is 17.6. The van der Waals surface area contributed by atoms with Crippen LogP contribution in [0.4, 0.5) is 0 Å². The molecule has 0 saturated heterocycles. The Kier molecular flexibility index (Phi) is 6.98. The smallest absolute Gasteiger partial charge is 0.263 e. The number of nitrogens with zero attached hydrogens (tertiary/aromatic N) is 1. The fourth-order valence-corrected chi connectivity index (χ4v) is 1.80. The van der Waals surface area contributed by atoms with E-state index in [1.165, 1.54) is 6.92 Å². The largest absolute Gasteiger partial charge is 0.320 e. The maximum Gasteiger partial charge on any atom is 0.263 e. The molecule has 0 spiro atoms. The van der Waals surface area contributed by atoms with Gasteiger partial charge in [-0.05, 0) is 12.0 Å². The van der Waals surface area contributed by atoms with E-state index in [0.29, 0.717) is 12.6 Å². The summed E-state index contributed by atoms with van der Waals surface area (Å²) >= 11 is 0. The van der Waals surface area contributed by atoms with Gasteiger partial charge in [0.15, 0.2) is 11.6 Å². The molecular formula is C16H19N3O3. The fraction of sp³-hybridized carbons (Fsp3) is 0.312. The summed E-state index contributed by atoms with van der Waals surface area (Å²) in [5, 5.41) is 6.81. The van der Waals surface area contributed by atoms with Gasteiger partial charge in [-0.1, -0.05) is 30.3 Å². The number of benzene rings is 1. The highest BCUT2D eigenvalue weighted by Gasteiger charge is 2.16. The Morgan fingerprint density at radius 2 is 1.86 bits per heavy atom. The molecule has 0 fully saturated rings. The van der Waals surface area contributed by atoms with Gasteiger partial charge in [-0.3, -0.25) is 14.4 Å². The minimum Gasteiger partial charge on any atom is -0.320 e. The molecule has 1 rings (SSSR count). The molecule has 0 bridgehead atoms. The molecule has 1 aromatic rings. The van der Waals surface area contributed by atoms with E-state index in [9.17, 15) is 14.4 Å². The Bertz CT molecular complexity index is 594. The topological polar surface area (TPSA) is 113 Å². The standard InChI is InChI=1S/C16H19N3O3/c1-11(20)15(8-7-13(21)10-17)19-16(22)14(18)9-12-5-3-2-4-6-12/h2-6,10,14,17H,7-9,18H2,1H3/b17-10?,19-15-. The van der Waals surface area contributed by atoms with Crippen molar-refractivity contribution >= 4 is 29.4 Å². The number of aliphatic imine (C=N–C) groups is 1. The second-order valence-corrected chi connectivity index (χ2v) is 4.86. The molecule has 3 N–H and O–H groups in total. The van der Waals surface area contributed by atoms with E-state index in [2.05, 4.69) is 4.99 Å². The normalized spacial score (nSPS) is 12.5. The van der Waals surface area contributed by atoms with E-state index in [0.717, 1.165) is 5.56 Å². The van der Waals surface area contributed by atoms with Gasteiger partial charge in [0, 0.05) is 19.8 Å². The maximum atomic E-state index is 12.0. The fourth-order valence-electron chi connectivity index (χ4n) is 1.80. The molecule has 1 aromatic carbocycles. The number of nitrogens with one attached hydrogen (secondary N) is 1. The van der Waals surface area contributed by atoms with Crippen LogP contribution in [0.25, 0.3) is 0 Å². The van der Waals surface area contributed by atoms with Crippen LogP contribution >= 0.6 is 0 Å². The van der Waals surface area contributed by atoms with E-state index in [1.54, 1.807) is 0 Å². The number of nitrogens with two attached hydrogens (primary N) is 1. The Morgan fingerprint density at radius 3 is 2.41 bits per heavy atom. The first-order valence-electron chi connectivity index (χ1n) is 6.89. The van der Waals surface area contributed by atoms with Crippen LogP contribution in [0.5, 0.6) is 0 Å². The highest BCUT2D eigenvalue weighted by Crippen LogP contribution is 2.04. The van der Waals surface area contributed by atoms with Gasteiger partial charge < -0.3 is 11.1 Å². The average molecular weight is 301 g/mol. The number of rotatable bonds is 8. The van der Waals surface area contributed by atoms with E-state index >= 15 is 0 Å². The zero-order valence-electron chi connectivity index (χ0n) is 12.4. The monoisotopic (exact) mass is 301 g/mol. The summed E-state index contributed by atoms with van der Waals surface area (Å²) in [6.07, 6.45) is 1.02. The average Bonchev–Trinajstić information content (AvgIpc) is 2.51. The molecule has 0 saturated carbocycles. The van der Waals surface area contributed by atoms with Gasteiger partial charge >= 0.3 is 0 Å². The lowest BCUT2D eigenvalue weighted by atomic mass is 10.1. The maximum absolute atomic E-state index is 12.0. The van der Waals surface area contributed by atoms with Gasteiger partial charge in [-0.2, -0.15) is 0 Å². The first-order valence-corrected chi connectivity index (χ1v) is 6.89. The number of carbonyl (C=O) groups is 3. The summed E-state index contributed by atoms with van der Waals surface area (Å²) in [4.78, 5) is 38.3. The van der Waals surface area contributed by atoms with Gasteiger partial charge in [-0.25, -0.2) is 4.99 Å². The molecule has 1 unspecified atom stereocenters. The zero-order chi connectivity index (χ0) is 16.5. The van der Waals surface area contributed by atoms with Crippen molar-refractivity contribution in [3.05, 3.63) is 35.9 Å². The van der Waals surface area contributed by atoms with Crippen LogP contribution < -0.4 is 5.73 Å². The minimum absolute atomic E-state index is 0.0173. The molecule has 0 heterocycles. The van der Waals surface area contributed by atoms with Crippen molar-refractivity contribution in [2.45, 2.75) is 32.2 Å².